The first-order chi connectivity index (χ1) is 16.2. The number of hydrogen-bond donors (Lipinski definition) is 1. The van der Waals surface area contributed by atoms with Crippen LogP contribution >= 0.6 is 0 Å². The van der Waals surface area contributed by atoms with Crippen LogP contribution in [0.3, 0.4) is 0 Å². The van der Waals surface area contributed by atoms with Crippen LogP contribution in [0.5, 0.6) is 0 Å². The molecule has 0 spiro atoms. The minimum atomic E-state index is -0.486. The van der Waals surface area contributed by atoms with Crippen LogP contribution < -0.4 is 10.2 Å². The van der Waals surface area contributed by atoms with Gasteiger partial charge in [-0.25, -0.2) is 4.98 Å². The molecule has 0 saturated carbocycles. The molecule has 2 aliphatic heterocycles. The van der Waals surface area contributed by atoms with Gasteiger partial charge in [0.25, 0.3) is 0 Å². The lowest BCUT2D eigenvalue weighted by Gasteiger charge is -2.43. The molecule has 3 aromatic rings. The molecular formula is C25H28N6O2. The van der Waals surface area contributed by atoms with Crippen molar-refractivity contribution >= 4 is 23.4 Å². The standard InChI is InChI=1S/C25H28N6O2/c32-24(25(11-18-33-19-12-25)20-6-2-1-3-7-20)31-16-14-30(15-17-31)23-10-9-22(28-29-23)27-21-8-4-5-13-26-21/h1-10,13H,11-12,14-19H2,(H,26,27,28). The molecule has 0 bridgehead atoms. The smallest absolute Gasteiger partial charge is 0.233 e. The van der Waals surface area contributed by atoms with Crippen LogP contribution in [0, 0.1) is 0 Å². The third-order valence-corrected chi connectivity index (χ3v) is 6.54. The number of ether oxygens (including phenoxy) is 1. The number of piperazine rings is 1. The Kier molecular flexibility index (Phi) is 6.17. The molecule has 5 rings (SSSR count). The number of anilines is 3. The Morgan fingerprint density at radius 3 is 2.27 bits per heavy atom. The van der Waals surface area contributed by atoms with Crippen molar-refractivity contribution in [3.05, 3.63) is 72.4 Å². The average Bonchev–Trinajstić information content (AvgIpc) is 2.90. The summed E-state index contributed by atoms with van der Waals surface area (Å²) in [5.41, 5.74) is 0.614. The highest BCUT2D eigenvalue weighted by molar-refractivity contribution is 5.88. The van der Waals surface area contributed by atoms with Crippen LogP contribution in [0.25, 0.3) is 0 Å². The first-order valence-electron chi connectivity index (χ1n) is 11.4. The Morgan fingerprint density at radius 2 is 1.61 bits per heavy atom. The Balaban J connectivity index is 1.23. The Bertz CT molecular complexity index is 1050. The van der Waals surface area contributed by atoms with Gasteiger partial charge in [-0.3, -0.25) is 4.79 Å². The van der Waals surface area contributed by atoms with Gasteiger partial charge in [0.15, 0.2) is 11.6 Å². The molecule has 1 amide bonds. The molecule has 0 aliphatic carbocycles. The van der Waals surface area contributed by atoms with Crippen LogP contribution in [0.2, 0.25) is 0 Å². The first-order valence-corrected chi connectivity index (χ1v) is 11.4. The van der Waals surface area contributed by atoms with E-state index in [0.29, 0.717) is 32.1 Å². The van der Waals surface area contributed by atoms with Crippen LogP contribution in [0.1, 0.15) is 18.4 Å². The fourth-order valence-corrected chi connectivity index (χ4v) is 4.67. The minimum absolute atomic E-state index is 0.220. The van der Waals surface area contributed by atoms with Crippen LogP contribution in [-0.2, 0) is 14.9 Å². The number of amides is 1. The molecule has 170 valence electrons. The molecule has 2 aliphatic rings. The second kappa shape index (κ2) is 9.54. The maximum Gasteiger partial charge on any atom is 0.233 e. The molecule has 2 saturated heterocycles. The molecule has 0 radical (unpaired) electrons. The number of nitrogens with one attached hydrogen (secondary N) is 1. The summed E-state index contributed by atoms with van der Waals surface area (Å²) in [6.45, 7) is 4.04. The molecule has 0 atom stereocenters. The van der Waals surface area contributed by atoms with Crippen LogP contribution in [0.15, 0.2) is 66.9 Å². The molecule has 2 fully saturated rings. The maximum absolute atomic E-state index is 13.7. The first kappa shape index (κ1) is 21.3. The van der Waals surface area contributed by atoms with Crippen molar-refractivity contribution in [2.75, 3.05) is 49.6 Å². The van der Waals surface area contributed by atoms with Crippen molar-refractivity contribution in [2.24, 2.45) is 0 Å². The van der Waals surface area contributed by atoms with E-state index in [2.05, 4.69) is 37.5 Å². The van der Waals surface area contributed by atoms with Crippen LogP contribution in [-0.4, -0.2) is 65.4 Å². The minimum Gasteiger partial charge on any atom is -0.381 e. The fraction of sp³-hybridized carbons (Fsp3) is 0.360. The predicted octanol–water partition coefficient (Wildman–Crippen LogP) is 3.01. The van der Waals surface area contributed by atoms with Gasteiger partial charge in [0.1, 0.15) is 5.82 Å². The molecule has 4 heterocycles. The summed E-state index contributed by atoms with van der Waals surface area (Å²) in [7, 11) is 0. The number of pyridine rings is 1. The molecule has 33 heavy (non-hydrogen) atoms. The van der Waals surface area contributed by atoms with Gasteiger partial charge in [-0.1, -0.05) is 36.4 Å². The molecule has 0 unspecified atom stereocenters. The van der Waals surface area contributed by atoms with Crippen molar-refractivity contribution in [1.82, 2.24) is 20.1 Å². The van der Waals surface area contributed by atoms with E-state index in [4.69, 9.17) is 4.74 Å². The van der Waals surface area contributed by atoms with Crippen molar-refractivity contribution in [2.45, 2.75) is 18.3 Å². The molecular weight excluding hydrogens is 416 g/mol. The molecule has 8 heteroatoms. The zero-order valence-corrected chi connectivity index (χ0v) is 18.6. The van der Waals surface area contributed by atoms with Crippen molar-refractivity contribution in [3.63, 3.8) is 0 Å². The summed E-state index contributed by atoms with van der Waals surface area (Å²) in [4.78, 5) is 22.2. The van der Waals surface area contributed by atoms with Gasteiger partial charge in [-0.15, -0.1) is 10.2 Å². The van der Waals surface area contributed by atoms with E-state index in [1.54, 1.807) is 6.20 Å². The second-order valence-corrected chi connectivity index (χ2v) is 8.46. The number of hydrogen-bond acceptors (Lipinski definition) is 7. The molecule has 1 aromatic carbocycles. The normalized spacial score (nSPS) is 18.1. The highest BCUT2D eigenvalue weighted by atomic mass is 16.5. The number of rotatable bonds is 5. The van der Waals surface area contributed by atoms with E-state index in [1.807, 2.05) is 53.4 Å². The molecule has 2 aromatic heterocycles. The maximum atomic E-state index is 13.7. The van der Waals surface area contributed by atoms with E-state index in [9.17, 15) is 4.79 Å². The van der Waals surface area contributed by atoms with Crippen molar-refractivity contribution < 1.29 is 9.53 Å². The number of carbonyl (C=O) groups excluding carboxylic acids is 1. The summed E-state index contributed by atoms with van der Waals surface area (Å²) < 4.78 is 5.60. The number of benzene rings is 1. The predicted molar refractivity (Wildman–Crippen MR) is 127 cm³/mol. The zero-order chi connectivity index (χ0) is 22.5. The summed E-state index contributed by atoms with van der Waals surface area (Å²) in [5, 5.41) is 11.8. The van der Waals surface area contributed by atoms with E-state index in [1.165, 1.54) is 0 Å². The Hall–Kier alpha value is -3.52. The lowest BCUT2D eigenvalue weighted by molar-refractivity contribution is -0.141. The van der Waals surface area contributed by atoms with Crippen molar-refractivity contribution in [1.29, 1.82) is 0 Å². The molecule has 8 nitrogen and oxygen atoms in total. The van der Waals surface area contributed by atoms with E-state index >= 15 is 0 Å². The average molecular weight is 445 g/mol. The van der Waals surface area contributed by atoms with Crippen LogP contribution in [0.4, 0.5) is 17.5 Å². The highest BCUT2D eigenvalue weighted by Gasteiger charge is 2.44. The Morgan fingerprint density at radius 1 is 0.848 bits per heavy atom. The number of carbonyl (C=O) groups is 1. The second-order valence-electron chi connectivity index (χ2n) is 8.46. The van der Waals surface area contributed by atoms with Gasteiger partial charge in [0.05, 0.1) is 5.41 Å². The zero-order valence-electron chi connectivity index (χ0n) is 18.6. The lowest BCUT2D eigenvalue weighted by atomic mass is 9.73. The Labute approximate surface area is 193 Å². The third-order valence-electron chi connectivity index (χ3n) is 6.54. The molecule has 1 N–H and O–H groups in total. The number of aromatic nitrogens is 3. The topological polar surface area (TPSA) is 83.5 Å². The number of nitrogens with zero attached hydrogens (tertiary/aromatic N) is 5. The third kappa shape index (κ3) is 4.52. The monoisotopic (exact) mass is 444 g/mol. The summed E-state index contributed by atoms with van der Waals surface area (Å²) in [6.07, 6.45) is 3.19. The highest BCUT2D eigenvalue weighted by Crippen LogP contribution is 2.37. The van der Waals surface area contributed by atoms with Gasteiger partial charge < -0.3 is 19.9 Å². The quantitative estimate of drug-likeness (QED) is 0.648. The fourth-order valence-electron chi connectivity index (χ4n) is 4.67. The summed E-state index contributed by atoms with van der Waals surface area (Å²) in [6, 6.07) is 19.7. The van der Waals surface area contributed by atoms with Gasteiger partial charge in [0, 0.05) is 45.6 Å². The van der Waals surface area contributed by atoms with Gasteiger partial charge in [-0.2, -0.15) is 0 Å². The van der Waals surface area contributed by atoms with Gasteiger partial charge in [-0.05, 0) is 42.7 Å². The van der Waals surface area contributed by atoms with Gasteiger partial charge >= 0.3 is 0 Å². The van der Waals surface area contributed by atoms with E-state index in [0.717, 1.165) is 43.1 Å². The van der Waals surface area contributed by atoms with E-state index in [-0.39, 0.29) is 5.91 Å². The van der Waals surface area contributed by atoms with Crippen molar-refractivity contribution in [3.8, 4) is 0 Å². The van der Waals surface area contributed by atoms with Gasteiger partial charge in [0.2, 0.25) is 5.91 Å². The summed E-state index contributed by atoms with van der Waals surface area (Å²) in [5.74, 6) is 2.41. The van der Waals surface area contributed by atoms with E-state index < -0.39 is 5.41 Å². The SMILES string of the molecule is O=C(N1CCN(c2ccc(Nc3ccccn3)nn2)CC1)C1(c2ccccc2)CCOCC1. The summed E-state index contributed by atoms with van der Waals surface area (Å²) >= 11 is 0. The largest absolute Gasteiger partial charge is 0.381 e. The lowest BCUT2D eigenvalue weighted by Crippen LogP contribution is -2.56.